The number of ether oxygens (including phenoxy) is 1. The molecule has 0 spiro atoms. The van der Waals surface area contributed by atoms with Crippen LogP contribution >= 0.6 is 0 Å². The van der Waals surface area contributed by atoms with E-state index in [2.05, 4.69) is 24.3 Å². The van der Waals surface area contributed by atoms with Crippen molar-refractivity contribution in [3.63, 3.8) is 0 Å². The van der Waals surface area contributed by atoms with Crippen LogP contribution in [-0.2, 0) is 4.74 Å². The fourth-order valence-electron chi connectivity index (χ4n) is 2.26. The molecule has 3 N–H and O–H groups in total. The molecule has 0 amide bonds. The van der Waals surface area contributed by atoms with Crippen molar-refractivity contribution in [1.82, 2.24) is 9.78 Å². The Bertz CT molecular complexity index is 369. The second-order valence-electron chi connectivity index (χ2n) is 5.44. The second-order valence-corrected chi connectivity index (χ2v) is 5.44. The highest BCUT2D eigenvalue weighted by Gasteiger charge is 2.31. The molecule has 5 heteroatoms. The van der Waals surface area contributed by atoms with E-state index in [4.69, 9.17) is 10.5 Å². The Hall–Kier alpha value is -1.07. The van der Waals surface area contributed by atoms with E-state index in [0.29, 0.717) is 12.6 Å². The molecule has 18 heavy (non-hydrogen) atoms. The Kier molecular flexibility index (Phi) is 4.24. The van der Waals surface area contributed by atoms with Crippen LogP contribution in [0.3, 0.4) is 0 Å². The number of nitrogens with one attached hydrogen (secondary N) is 1. The monoisotopic (exact) mass is 252 g/mol. The molecule has 1 aromatic heterocycles. The van der Waals surface area contributed by atoms with Crippen molar-refractivity contribution < 1.29 is 4.74 Å². The molecular weight excluding hydrogens is 228 g/mol. The lowest BCUT2D eigenvalue weighted by Crippen LogP contribution is -2.42. The predicted octanol–water partition coefficient (Wildman–Crippen LogP) is 1.63. The lowest BCUT2D eigenvalue weighted by molar-refractivity contribution is 0.0252. The highest BCUT2D eigenvalue weighted by Crippen LogP contribution is 2.29. The maximum Gasteiger partial charge on any atom is 0.148 e. The van der Waals surface area contributed by atoms with Gasteiger partial charge in [-0.3, -0.25) is 4.68 Å². The van der Waals surface area contributed by atoms with Crippen LogP contribution in [0.5, 0.6) is 0 Å². The normalized spacial score (nSPS) is 19.1. The van der Waals surface area contributed by atoms with Gasteiger partial charge in [-0.15, -0.1) is 0 Å². The predicted molar refractivity (Wildman–Crippen MR) is 72.6 cm³/mol. The van der Waals surface area contributed by atoms with E-state index in [-0.39, 0.29) is 5.41 Å². The first kappa shape index (κ1) is 13.4. The summed E-state index contributed by atoms with van der Waals surface area (Å²) in [5, 5.41) is 7.91. The van der Waals surface area contributed by atoms with Gasteiger partial charge in [-0.2, -0.15) is 5.10 Å². The van der Waals surface area contributed by atoms with Gasteiger partial charge in [0.15, 0.2) is 0 Å². The number of aromatic nitrogens is 2. The Balaban J connectivity index is 1.92. The molecule has 5 nitrogen and oxygen atoms in total. The summed E-state index contributed by atoms with van der Waals surface area (Å²) < 4.78 is 7.37. The van der Waals surface area contributed by atoms with Gasteiger partial charge in [-0.25, -0.2) is 0 Å². The van der Waals surface area contributed by atoms with Gasteiger partial charge in [0.05, 0.1) is 0 Å². The fraction of sp³-hybridized carbons (Fsp3) is 0.769. The Morgan fingerprint density at radius 1 is 1.50 bits per heavy atom. The first-order valence-corrected chi connectivity index (χ1v) is 6.72. The van der Waals surface area contributed by atoms with Crippen molar-refractivity contribution in [1.29, 1.82) is 0 Å². The zero-order chi connectivity index (χ0) is 13.0. The summed E-state index contributed by atoms with van der Waals surface area (Å²) in [5.41, 5.74) is 6.10. The highest BCUT2D eigenvalue weighted by molar-refractivity contribution is 5.32. The smallest absolute Gasteiger partial charge is 0.148 e. The third-order valence-corrected chi connectivity index (χ3v) is 3.77. The van der Waals surface area contributed by atoms with Crippen LogP contribution in [0, 0.1) is 5.41 Å². The molecule has 0 aliphatic carbocycles. The van der Waals surface area contributed by atoms with Crippen LogP contribution in [0.25, 0.3) is 0 Å². The van der Waals surface area contributed by atoms with E-state index in [0.717, 1.165) is 38.4 Å². The number of hydrogen-bond donors (Lipinski definition) is 2. The molecule has 0 saturated carbocycles. The number of anilines is 1. The molecule has 0 atom stereocenters. The molecule has 102 valence electrons. The summed E-state index contributed by atoms with van der Waals surface area (Å²) in [6, 6.07) is 2.41. The fourth-order valence-corrected chi connectivity index (χ4v) is 2.26. The zero-order valence-corrected chi connectivity index (χ0v) is 11.4. The molecule has 1 fully saturated rings. The maximum atomic E-state index is 5.93. The lowest BCUT2D eigenvalue weighted by atomic mass is 9.80. The quantitative estimate of drug-likeness (QED) is 0.836. The van der Waals surface area contributed by atoms with Crippen LogP contribution < -0.4 is 11.1 Å². The van der Waals surface area contributed by atoms with Crippen molar-refractivity contribution in [3.8, 4) is 0 Å². The van der Waals surface area contributed by atoms with Crippen molar-refractivity contribution in [2.24, 2.45) is 11.1 Å². The number of rotatable bonds is 5. The van der Waals surface area contributed by atoms with E-state index in [1.165, 1.54) is 0 Å². The second kappa shape index (κ2) is 5.71. The Morgan fingerprint density at radius 2 is 2.22 bits per heavy atom. The molecule has 1 aliphatic rings. The van der Waals surface area contributed by atoms with Crippen LogP contribution in [0.4, 0.5) is 5.82 Å². The summed E-state index contributed by atoms with van der Waals surface area (Å²) in [4.78, 5) is 0. The first-order valence-electron chi connectivity index (χ1n) is 6.72. The summed E-state index contributed by atoms with van der Waals surface area (Å²) in [5.74, 6) is 0.933. The van der Waals surface area contributed by atoms with Gasteiger partial charge in [0.2, 0.25) is 0 Å². The van der Waals surface area contributed by atoms with Crippen molar-refractivity contribution >= 4 is 5.82 Å². The minimum absolute atomic E-state index is 0.167. The summed E-state index contributed by atoms with van der Waals surface area (Å²) in [6.45, 7) is 7.46. The molecule has 0 aromatic carbocycles. The van der Waals surface area contributed by atoms with Crippen LogP contribution in [-0.4, -0.2) is 36.1 Å². The average Bonchev–Trinajstić information content (AvgIpc) is 2.87. The largest absolute Gasteiger partial charge is 0.381 e. The summed E-state index contributed by atoms with van der Waals surface area (Å²) in [7, 11) is 0. The minimum atomic E-state index is 0.167. The van der Waals surface area contributed by atoms with E-state index in [1.54, 1.807) is 0 Å². The van der Waals surface area contributed by atoms with E-state index in [1.807, 2.05) is 16.9 Å². The van der Waals surface area contributed by atoms with E-state index >= 15 is 0 Å². The molecule has 1 saturated heterocycles. The molecule has 2 rings (SSSR count). The summed E-state index contributed by atoms with van der Waals surface area (Å²) in [6.07, 6.45) is 4.06. The molecule has 2 heterocycles. The average molecular weight is 252 g/mol. The van der Waals surface area contributed by atoms with Gasteiger partial charge in [0, 0.05) is 43.5 Å². The van der Waals surface area contributed by atoms with E-state index in [9.17, 15) is 0 Å². The minimum Gasteiger partial charge on any atom is -0.381 e. The molecule has 1 aliphatic heterocycles. The molecule has 0 radical (unpaired) electrons. The molecule has 0 unspecified atom stereocenters. The van der Waals surface area contributed by atoms with Crippen LogP contribution in [0.1, 0.15) is 32.7 Å². The van der Waals surface area contributed by atoms with Crippen molar-refractivity contribution in [2.45, 2.75) is 32.7 Å². The third-order valence-electron chi connectivity index (χ3n) is 3.77. The van der Waals surface area contributed by atoms with E-state index < -0.39 is 0 Å². The summed E-state index contributed by atoms with van der Waals surface area (Å²) >= 11 is 0. The van der Waals surface area contributed by atoms with Gasteiger partial charge in [-0.05, 0) is 33.2 Å². The van der Waals surface area contributed by atoms with Gasteiger partial charge in [0.1, 0.15) is 5.82 Å². The van der Waals surface area contributed by atoms with Crippen molar-refractivity contribution in [2.75, 3.05) is 31.6 Å². The molecule has 0 bridgehead atoms. The van der Waals surface area contributed by atoms with Gasteiger partial charge < -0.3 is 15.8 Å². The number of nitrogens with two attached hydrogens (primary N) is 1. The molecule has 1 aromatic rings. The third kappa shape index (κ3) is 3.03. The maximum absolute atomic E-state index is 5.93. The first-order chi connectivity index (χ1) is 8.65. The van der Waals surface area contributed by atoms with Gasteiger partial charge >= 0.3 is 0 Å². The van der Waals surface area contributed by atoms with Crippen LogP contribution in [0.2, 0.25) is 0 Å². The highest BCUT2D eigenvalue weighted by atomic mass is 16.5. The Morgan fingerprint density at radius 3 is 2.78 bits per heavy atom. The molecular formula is C13H24N4O. The SMILES string of the molecule is CC(C)n1ccc(NCC2(CN)CCOCC2)n1. The zero-order valence-electron chi connectivity index (χ0n) is 11.4. The van der Waals surface area contributed by atoms with Crippen LogP contribution in [0.15, 0.2) is 12.3 Å². The Labute approximate surface area is 109 Å². The van der Waals surface area contributed by atoms with Crippen molar-refractivity contribution in [3.05, 3.63) is 12.3 Å². The lowest BCUT2D eigenvalue weighted by Gasteiger charge is -2.36. The number of nitrogens with zero attached hydrogens (tertiary/aromatic N) is 2. The number of hydrogen-bond acceptors (Lipinski definition) is 4. The van der Waals surface area contributed by atoms with Gasteiger partial charge in [0.25, 0.3) is 0 Å². The van der Waals surface area contributed by atoms with Gasteiger partial charge in [-0.1, -0.05) is 0 Å². The topological polar surface area (TPSA) is 65.1 Å². The standard InChI is InChI=1S/C13H24N4O/c1-11(2)17-6-3-12(16-17)15-10-13(9-14)4-7-18-8-5-13/h3,6,11H,4-5,7-10,14H2,1-2H3,(H,15,16).